The first-order valence-corrected chi connectivity index (χ1v) is 8.22. The molecule has 0 fully saturated rings. The van der Waals surface area contributed by atoms with Crippen molar-refractivity contribution in [1.29, 1.82) is 0 Å². The molecule has 0 atom stereocenters. The molecule has 0 aliphatic heterocycles. The summed E-state index contributed by atoms with van der Waals surface area (Å²) < 4.78 is 1.28. The molecule has 0 bridgehead atoms. The quantitative estimate of drug-likeness (QED) is 0.679. The van der Waals surface area contributed by atoms with E-state index < -0.39 is 11.8 Å². The maximum absolute atomic E-state index is 12.8. The van der Waals surface area contributed by atoms with Gasteiger partial charge in [0.25, 0.3) is 11.8 Å². The summed E-state index contributed by atoms with van der Waals surface area (Å²) in [7, 11) is 1.55. The summed E-state index contributed by atoms with van der Waals surface area (Å²) in [6, 6.07) is 13.6. The molecule has 2 amide bonds. The highest BCUT2D eigenvalue weighted by molar-refractivity contribution is 6.18. The highest BCUT2D eigenvalue weighted by atomic mass is 16.2. The molecule has 7 nitrogen and oxygen atoms in total. The van der Waals surface area contributed by atoms with Crippen LogP contribution in [0, 0.1) is 6.92 Å². The first-order chi connectivity index (χ1) is 12.9. The number of rotatable bonds is 5. The van der Waals surface area contributed by atoms with E-state index in [1.807, 2.05) is 19.1 Å². The molecule has 0 radical (unpaired) electrons. The van der Waals surface area contributed by atoms with Crippen molar-refractivity contribution in [2.45, 2.75) is 6.92 Å². The summed E-state index contributed by atoms with van der Waals surface area (Å²) >= 11 is 0. The fourth-order valence-electron chi connectivity index (χ4n) is 2.75. The van der Waals surface area contributed by atoms with E-state index in [0.717, 1.165) is 5.56 Å². The minimum Gasteiger partial charge on any atom is -0.364 e. The number of nitrogens with one attached hydrogen (secondary N) is 1. The van der Waals surface area contributed by atoms with Crippen molar-refractivity contribution in [3.05, 3.63) is 82.7 Å². The molecular formula is C20H18N4O3. The highest BCUT2D eigenvalue weighted by Gasteiger charge is 2.21. The molecule has 7 heteroatoms. The molecule has 1 heterocycles. The van der Waals surface area contributed by atoms with Gasteiger partial charge in [0.1, 0.15) is 5.69 Å². The van der Waals surface area contributed by atoms with Gasteiger partial charge < -0.3 is 11.1 Å². The zero-order valence-corrected chi connectivity index (χ0v) is 14.9. The number of nitrogens with zero attached hydrogens (tertiary/aromatic N) is 2. The molecule has 27 heavy (non-hydrogen) atoms. The third-order valence-corrected chi connectivity index (χ3v) is 4.15. The third-order valence-electron chi connectivity index (χ3n) is 4.15. The van der Waals surface area contributed by atoms with Gasteiger partial charge in [-0.25, -0.2) is 0 Å². The van der Waals surface area contributed by atoms with Crippen LogP contribution in [0.4, 0.5) is 5.69 Å². The van der Waals surface area contributed by atoms with E-state index in [1.165, 1.54) is 10.9 Å². The smallest absolute Gasteiger partial charge is 0.269 e. The largest absolute Gasteiger partial charge is 0.364 e. The molecule has 3 aromatic rings. The van der Waals surface area contributed by atoms with Gasteiger partial charge in [-0.1, -0.05) is 48.0 Å². The van der Waals surface area contributed by atoms with E-state index in [0.29, 0.717) is 5.56 Å². The van der Waals surface area contributed by atoms with Gasteiger partial charge in [-0.15, -0.1) is 0 Å². The molecule has 2 aromatic carbocycles. The second-order valence-corrected chi connectivity index (χ2v) is 6.09. The lowest BCUT2D eigenvalue weighted by Gasteiger charge is -2.10. The zero-order chi connectivity index (χ0) is 19.6. The van der Waals surface area contributed by atoms with Crippen LogP contribution in [0.15, 0.2) is 54.7 Å². The number of benzene rings is 2. The van der Waals surface area contributed by atoms with Gasteiger partial charge in [0.2, 0.25) is 0 Å². The monoisotopic (exact) mass is 362 g/mol. The van der Waals surface area contributed by atoms with E-state index >= 15 is 0 Å². The predicted molar refractivity (Wildman–Crippen MR) is 101 cm³/mol. The molecule has 0 aliphatic rings. The maximum Gasteiger partial charge on any atom is 0.269 e. The fraction of sp³-hybridized carbons (Fsp3) is 0.100. The molecular weight excluding hydrogens is 344 g/mol. The summed E-state index contributed by atoms with van der Waals surface area (Å²) in [5.41, 5.74) is 7.58. The molecule has 0 unspecified atom stereocenters. The van der Waals surface area contributed by atoms with Crippen LogP contribution in [0.25, 0.3) is 0 Å². The maximum atomic E-state index is 12.8. The lowest BCUT2D eigenvalue weighted by Crippen LogP contribution is -2.21. The average molecular weight is 362 g/mol. The number of carbonyl (C=O) groups is 3. The van der Waals surface area contributed by atoms with Crippen LogP contribution in [0.5, 0.6) is 0 Å². The molecule has 0 saturated carbocycles. The lowest BCUT2D eigenvalue weighted by atomic mass is 9.97. The van der Waals surface area contributed by atoms with E-state index in [4.69, 9.17) is 5.73 Å². The Morgan fingerprint density at radius 2 is 1.63 bits per heavy atom. The lowest BCUT2D eigenvalue weighted by molar-refractivity contribution is 0.0988. The minimum absolute atomic E-state index is 0.0747. The molecule has 1 aromatic heterocycles. The standard InChI is InChI=1S/C20H18N4O3/c1-12-7-9-13(10-8-12)18(25)14-5-3-4-6-15(14)20(27)23-16-11-22-24(2)17(16)19(21)26/h3-11H,1-2H3,(H2,21,26)(H,23,27). The first kappa shape index (κ1) is 18.1. The molecule has 136 valence electrons. The Hall–Kier alpha value is -3.74. The summed E-state index contributed by atoms with van der Waals surface area (Å²) in [5.74, 6) is -1.50. The SMILES string of the molecule is Cc1ccc(C(=O)c2ccccc2C(=O)Nc2cnn(C)c2C(N)=O)cc1. The number of carbonyl (C=O) groups excluding carboxylic acids is 3. The summed E-state index contributed by atoms with van der Waals surface area (Å²) in [6.07, 6.45) is 1.34. The van der Waals surface area contributed by atoms with Crippen molar-refractivity contribution in [2.75, 3.05) is 5.32 Å². The Morgan fingerprint density at radius 1 is 1.00 bits per heavy atom. The Labute approximate surface area is 155 Å². The van der Waals surface area contributed by atoms with Crippen molar-refractivity contribution in [3.63, 3.8) is 0 Å². The summed E-state index contributed by atoms with van der Waals surface area (Å²) in [4.78, 5) is 37.2. The van der Waals surface area contributed by atoms with Crippen LogP contribution in [0.1, 0.15) is 42.3 Å². The Kier molecular flexibility index (Phi) is 4.85. The van der Waals surface area contributed by atoms with Crippen LogP contribution in [-0.2, 0) is 7.05 Å². The van der Waals surface area contributed by atoms with Crippen LogP contribution in [-0.4, -0.2) is 27.4 Å². The number of aryl methyl sites for hydroxylation is 2. The second kappa shape index (κ2) is 7.25. The van der Waals surface area contributed by atoms with Crippen molar-refractivity contribution in [2.24, 2.45) is 12.8 Å². The van der Waals surface area contributed by atoms with Crippen molar-refractivity contribution in [3.8, 4) is 0 Å². The number of primary amides is 1. The molecule has 3 rings (SSSR count). The number of anilines is 1. The predicted octanol–water partition coefficient (Wildman–Crippen LogP) is 2.31. The van der Waals surface area contributed by atoms with E-state index in [9.17, 15) is 14.4 Å². The van der Waals surface area contributed by atoms with Gasteiger partial charge in [0.15, 0.2) is 5.78 Å². The normalized spacial score (nSPS) is 10.4. The fourth-order valence-corrected chi connectivity index (χ4v) is 2.75. The highest BCUT2D eigenvalue weighted by Crippen LogP contribution is 2.19. The minimum atomic E-state index is -0.714. The van der Waals surface area contributed by atoms with Gasteiger partial charge in [-0.2, -0.15) is 5.10 Å². The van der Waals surface area contributed by atoms with Crippen LogP contribution < -0.4 is 11.1 Å². The van der Waals surface area contributed by atoms with Crippen LogP contribution >= 0.6 is 0 Å². The Bertz CT molecular complexity index is 1040. The number of amides is 2. The molecule has 0 saturated heterocycles. The van der Waals surface area contributed by atoms with Crippen molar-refractivity contribution >= 4 is 23.3 Å². The van der Waals surface area contributed by atoms with E-state index in [2.05, 4.69) is 10.4 Å². The number of ketones is 1. The van der Waals surface area contributed by atoms with Gasteiger partial charge in [0, 0.05) is 18.2 Å². The second-order valence-electron chi connectivity index (χ2n) is 6.09. The van der Waals surface area contributed by atoms with Crippen LogP contribution in [0.3, 0.4) is 0 Å². The molecule has 0 spiro atoms. The van der Waals surface area contributed by atoms with Gasteiger partial charge in [0.05, 0.1) is 17.4 Å². The first-order valence-electron chi connectivity index (χ1n) is 8.22. The topological polar surface area (TPSA) is 107 Å². The number of hydrogen-bond acceptors (Lipinski definition) is 4. The Morgan fingerprint density at radius 3 is 2.26 bits per heavy atom. The van der Waals surface area contributed by atoms with E-state index in [-0.39, 0.29) is 28.3 Å². The number of nitrogens with two attached hydrogens (primary N) is 1. The number of aromatic nitrogens is 2. The van der Waals surface area contributed by atoms with Gasteiger partial charge in [-0.05, 0) is 13.0 Å². The van der Waals surface area contributed by atoms with E-state index in [1.54, 1.807) is 43.4 Å². The zero-order valence-electron chi connectivity index (χ0n) is 14.9. The third kappa shape index (κ3) is 3.62. The summed E-state index contributed by atoms with van der Waals surface area (Å²) in [5, 5.41) is 6.54. The van der Waals surface area contributed by atoms with Crippen molar-refractivity contribution in [1.82, 2.24) is 9.78 Å². The molecule has 3 N–H and O–H groups in total. The Balaban J connectivity index is 1.94. The average Bonchev–Trinajstić information content (AvgIpc) is 3.02. The molecule has 0 aliphatic carbocycles. The van der Waals surface area contributed by atoms with Gasteiger partial charge >= 0.3 is 0 Å². The number of hydrogen-bond donors (Lipinski definition) is 2. The van der Waals surface area contributed by atoms with Crippen molar-refractivity contribution < 1.29 is 14.4 Å². The summed E-state index contributed by atoms with van der Waals surface area (Å²) in [6.45, 7) is 1.93. The van der Waals surface area contributed by atoms with Crippen LogP contribution in [0.2, 0.25) is 0 Å². The van der Waals surface area contributed by atoms with Gasteiger partial charge in [-0.3, -0.25) is 19.1 Å².